The molecule has 0 aliphatic heterocycles. The van der Waals surface area contributed by atoms with E-state index < -0.39 is 5.56 Å². The maximum atomic E-state index is 12.9. The molecule has 0 radical (unpaired) electrons. The first-order valence-corrected chi connectivity index (χ1v) is 10.7. The van der Waals surface area contributed by atoms with Crippen molar-refractivity contribution < 1.29 is 9.47 Å². The van der Waals surface area contributed by atoms with Crippen LogP contribution in [0.3, 0.4) is 0 Å². The number of benzene rings is 2. The standard InChI is InChI=1S/C23H21N3O4S/c1-3-12-30-17-10-8-15(9-11-17)13-18-21(27)24-23-26(25-18)22(28)20(31-23)14-16-6-4-5-7-19(16)29-2/h4-11,14H,3,12-13H2,1-2H3. The van der Waals surface area contributed by atoms with Gasteiger partial charge in [-0.15, -0.1) is 0 Å². The van der Waals surface area contributed by atoms with E-state index in [-0.39, 0.29) is 22.6 Å². The molecular weight excluding hydrogens is 414 g/mol. The zero-order chi connectivity index (χ0) is 21.8. The van der Waals surface area contributed by atoms with Gasteiger partial charge in [0.25, 0.3) is 11.1 Å². The molecule has 0 saturated carbocycles. The lowest BCUT2D eigenvalue weighted by Gasteiger charge is -2.05. The number of methoxy groups -OCH3 is 1. The van der Waals surface area contributed by atoms with Crippen molar-refractivity contribution in [3.8, 4) is 11.5 Å². The number of thiazole rings is 1. The Morgan fingerprint density at radius 2 is 1.87 bits per heavy atom. The van der Waals surface area contributed by atoms with E-state index in [1.165, 1.54) is 4.52 Å². The molecule has 2 aromatic carbocycles. The van der Waals surface area contributed by atoms with Gasteiger partial charge in [0.15, 0.2) is 0 Å². The van der Waals surface area contributed by atoms with Crippen LogP contribution in [-0.4, -0.2) is 28.3 Å². The third-order valence-corrected chi connectivity index (χ3v) is 5.60. The van der Waals surface area contributed by atoms with E-state index in [9.17, 15) is 9.59 Å². The highest BCUT2D eigenvalue weighted by atomic mass is 32.1. The van der Waals surface area contributed by atoms with Crippen molar-refractivity contribution in [3.63, 3.8) is 0 Å². The van der Waals surface area contributed by atoms with Crippen molar-refractivity contribution in [2.75, 3.05) is 13.7 Å². The SMILES string of the molecule is CCCOc1ccc(Cc2nn3c(=O)c(=Cc4ccccc4OC)sc3nc2=O)cc1. The second-order valence-corrected chi connectivity index (χ2v) is 7.89. The minimum atomic E-state index is -0.434. The molecule has 2 aromatic heterocycles. The van der Waals surface area contributed by atoms with Crippen LogP contribution in [0.15, 0.2) is 58.1 Å². The van der Waals surface area contributed by atoms with Crippen LogP contribution in [0.5, 0.6) is 11.5 Å². The van der Waals surface area contributed by atoms with Crippen LogP contribution >= 0.6 is 11.3 Å². The molecule has 0 fully saturated rings. The number of para-hydroxylation sites is 1. The highest BCUT2D eigenvalue weighted by Gasteiger charge is 2.12. The highest BCUT2D eigenvalue weighted by Crippen LogP contribution is 2.18. The van der Waals surface area contributed by atoms with E-state index in [0.29, 0.717) is 16.9 Å². The number of ether oxygens (including phenoxy) is 2. The molecule has 0 aliphatic rings. The Hall–Kier alpha value is -3.52. The van der Waals surface area contributed by atoms with Crippen LogP contribution in [0, 0.1) is 0 Å². The molecule has 8 heteroatoms. The van der Waals surface area contributed by atoms with Gasteiger partial charge in [-0.25, -0.2) is 0 Å². The van der Waals surface area contributed by atoms with Gasteiger partial charge in [-0.2, -0.15) is 14.6 Å². The highest BCUT2D eigenvalue weighted by molar-refractivity contribution is 7.15. The Labute approximate surface area is 182 Å². The van der Waals surface area contributed by atoms with Crippen LogP contribution < -0.4 is 25.1 Å². The van der Waals surface area contributed by atoms with Crippen molar-refractivity contribution in [1.82, 2.24) is 14.6 Å². The largest absolute Gasteiger partial charge is 0.496 e. The van der Waals surface area contributed by atoms with Crippen LogP contribution in [0.4, 0.5) is 0 Å². The Morgan fingerprint density at radius 1 is 1.10 bits per heavy atom. The predicted molar refractivity (Wildman–Crippen MR) is 120 cm³/mol. The summed E-state index contributed by atoms with van der Waals surface area (Å²) in [6.07, 6.45) is 2.94. The Morgan fingerprint density at radius 3 is 2.61 bits per heavy atom. The predicted octanol–water partition coefficient (Wildman–Crippen LogP) is 2.45. The van der Waals surface area contributed by atoms with E-state index in [4.69, 9.17) is 9.47 Å². The van der Waals surface area contributed by atoms with Gasteiger partial charge >= 0.3 is 0 Å². The molecule has 158 valence electrons. The molecular formula is C23H21N3O4S. The molecule has 7 nitrogen and oxygen atoms in total. The van der Waals surface area contributed by atoms with Gasteiger partial charge in [0, 0.05) is 12.0 Å². The molecule has 2 heterocycles. The molecule has 0 aliphatic carbocycles. The summed E-state index contributed by atoms with van der Waals surface area (Å²) in [5.74, 6) is 1.43. The van der Waals surface area contributed by atoms with Crippen molar-refractivity contribution in [2.24, 2.45) is 0 Å². The second-order valence-electron chi connectivity index (χ2n) is 6.88. The maximum absolute atomic E-state index is 12.9. The number of rotatable bonds is 7. The van der Waals surface area contributed by atoms with Crippen molar-refractivity contribution in [3.05, 3.63) is 90.6 Å². The van der Waals surface area contributed by atoms with E-state index in [2.05, 4.69) is 10.1 Å². The molecule has 0 spiro atoms. The summed E-state index contributed by atoms with van der Waals surface area (Å²) in [5, 5.41) is 4.30. The topological polar surface area (TPSA) is 82.8 Å². The molecule has 0 bridgehead atoms. The summed E-state index contributed by atoms with van der Waals surface area (Å²) in [6.45, 7) is 2.70. The molecule has 0 N–H and O–H groups in total. The number of fused-ring (bicyclic) bond motifs is 1. The molecule has 0 amide bonds. The van der Waals surface area contributed by atoms with Gasteiger partial charge in [0.2, 0.25) is 4.96 Å². The average Bonchev–Trinajstić information content (AvgIpc) is 3.08. The lowest BCUT2D eigenvalue weighted by Crippen LogP contribution is -2.28. The van der Waals surface area contributed by atoms with Crippen molar-refractivity contribution >= 4 is 22.4 Å². The summed E-state index contributed by atoms with van der Waals surface area (Å²) in [7, 11) is 1.58. The summed E-state index contributed by atoms with van der Waals surface area (Å²) >= 11 is 1.13. The van der Waals surface area contributed by atoms with Gasteiger partial charge < -0.3 is 9.47 Å². The first-order valence-electron chi connectivity index (χ1n) is 9.88. The lowest BCUT2D eigenvalue weighted by molar-refractivity contribution is 0.317. The Bertz CT molecular complexity index is 1380. The normalized spacial score (nSPS) is 11.7. The van der Waals surface area contributed by atoms with Gasteiger partial charge in [-0.05, 0) is 36.3 Å². The first-order chi connectivity index (χ1) is 15.1. The van der Waals surface area contributed by atoms with Crippen LogP contribution in [0.1, 0.15) is 30.2 Å². The van der Waals surface area contributed by atoms with Gasteiger partial charge in [0.05, 0.1) is 18.2 Å². The summed E-state index contributed by atoms with van der Waals surface area (Å²) in [5.41, 5.74) is 1.12. The van der Waals surface area contributed by atoms with Gasteiger partial charge in [-0.1, -0.05) is 48.6 Å². The molecule has 0 atom stereocenters. The molecule has 0 saturated heterocycles. The fourth-order valence-corrected chi connectivity index (χ4v) is 3.99. The van der Waals surface area contributed by atoms with Gasteiger partial charge in [0.1, 0.15) is 17.2 Å². The van der Waals surface area contributed by atoms with E-state index >= 15 is 0 Å². The molecule has 0 unspecified atom stereocenters. The third kappa shape index (κ3) is 4.49. The molecule has 4 aromatic rings. The minimum Gasteiger partial charge on any atom is -0.496 e. The van der Waals surface area contributed by atoms with Crippen LogP contribution in [-0.2, 0) is 6.42 Å². The van der Waals surface area contributed by atoms with Crippen molar-refractivity contribution in [2.45, 2.75) is 19.8 Å². The fraction of sp³-hybridized carbons (Fsp3) is 0.217. The summed E-state index contributed by atoms with van der Waals surface area (Å²) < 4.78 is 12.5. The van der Waals surface area contributed by atoms with E-state index in [1.54, 1.807) is 13.2 Å². The Balaban J connectivity index is 1.69. The van der Waals surface area contributed by atoms with Crippen molar-refractivity contribution in [1.29, 1.82) is 0 Å². The van der Waals surface area contributed by atoms with E-state index in [1.807, 2.05) is 55.5 Å². The monoisotopic (exact) mass is 435 g/mol. The van der Waals surface area contributed by atoms with Gasteiger partial charge in [-0.3, -0.25) is 9.59 Å². The second kappa shape index (κ2) is 9.09. The maximum Gasteiger partial charge on any atom is 0.296 e. The summed E-state index contributed by atoms with van der Waals surface area (Å²) in [4.78, 5) is 29.7. The zero-order valence-electron chi connectivity index (χ0n) is 17.2. The van der Waals surface area contributed by atoms with Crippen LogP contribution in [0.25, 0.3) is 11.0 Å². The third-order valence-electron chi connectivity index (χ3n) is 4.64. The number of hydrogen-bond donors (Lipinski definition) is 0. The summed E-state index contributed by atoms with van der Waals surface area (Å²) in [6, 6.07) is 14.9. The zero-order valence-corrected chi connectivity index (χ0v) is 18.0. The lowest BCUT2D eigenvalue weighted by atomic mass is 10.1. The van der Waals surface area contributed by atoms with E-state index in [0.717, 1.165) is 34.6 Å². The molecule has 4 rings (SSSR count). The smallest absolute Gasteiger partial charge is 0.296 e. The number of nitrogens with zero attached hydrogens (tertiary/aromatic N) is 3. The quantitative estimate of drug-likeness (QED) is 0.444. The molecule has 31 heavy (non-hydrogen) atoms. The average molecular weight is 436 g/mol. The number of hydrogen-bond acceptors (Lipinski definition) is 7. The Kier molecular flexibility index (Phi) is 6.08. The van der Waals surface area contributed by atoms with Crippen LogP contribution in [0.2, 0.25) is 0 Å². The first kappa shape index (κ1) is 20.7. The minimum absolute atomic E-state index is 0.221. The fourth-order valence-electron chi connectivity index (χ4n) is 3.10. The number of aromatic nitrogens is 3.